The van der Waals surface area contributed by atoms with Gasteiger partial charge in [-0.2, -0.15) is 0 Å². The lowest BCUT2D eigenvalue weighted by molar-refractivity contribution is 0.602. The summed E-state index contributed by atoms with van der Waals surface area (Å²) in [5, 5.41) is 0. The maximum atomic E-state index is 13.4. The van der Waals surface area contributed by atoms with E-state index in [0.29, 0.717) is 24.5 Å². The summed E-state index contributed by atoms with van der Waals surface area (Å²) in [5.41, 5.74) is 6.00. The highest BCUT2D eigenvalue weighted by molar-refractivity contribution is 5.59. The van der Waals surface area contributed by atoms with E-state index in [1.807, 2.05) is 0 Å². The van der Waals surface area contributed by atoms with E-state index in [0.717, 1.165) is 18.2 Å². The van der Waals surface area contributed by atoms with Gasteiger partial charge in [-0.05, 0) is 24.7 Å². The Morgan fingerprint density at radius 3 is 2.88 bits per heavy atom. The Morgan fingerprint density at radius 2 is 2.12 bits per heavy atom. The number of halogens is 2. The Labute approximate surface area is 91.3 Å². The van der Waals surface area contributed by atoms with Crippen molar-refractivity contribution in [3.05, 3.63) is 41.9 Å². The molecule has 0 aliphatic heterocycles. The molecule has 0 saturated carbocycles. The first-order valence-corrected chi connectivity index (χ1v) is 4.90. The molecule has 0 spiro atoms. The number of rotatable bonds is 3. The van der Waals surface area contributed by atoms with Gasteiger partial charge in [0.15, 0.2) is 0 Å². The molecule has 1 heterocycles. The zero-order valence-corrected chi connectivity index (χ0v) is 8.50. The number of aromatic amines is 1. The van der Waals surface area contributed by atoms with Crippen molar-refractivity contribution in [3.8, 4) is 11.3 Å². The molecule has 0 aliphatic carbocycles. The summed E-state index contributed by atoms with van der Waals surface area (Å²) < 4.78 is 26.4. The van der Waals surface area contributed by atoms with Crippen LogP contribution in [0.3, 0.4) is 0 Å². The molecular weight excluding hydrogens is 212 g/mol. The minimum Gasteiger partial charge on any atom is -0.342 e. The van der Waals surface area contributed by atoms with Crippen molar-refractivity contribution >= 4 is 0 Å². The standard InChI is InChI=1S/C11H11F2N3/c12-7-1-2-9(13)8(5-7)10-6-15-11(16-10)3-4-14/h1-2,5-6H,3-4,14H2,(H,15,16). The lowest BCUT2D eigenvalue weighted by Crippen LogP contribution is -2.03. The van der Waals surface area contributed by atoms with Gasteiger partial charge in [-0.1, -0.05) is 0 Å². The summed E-state index contributed by atoms with van der Waals surface area (Å²) in [7, 11) is 0. The van der Waals surface area contributed by atoms with Crippen molar-refractivity contribution in [1.82, 2.24) is 9.97 Å². The molecule has 0 atom stereocenters. The predicted molar refractivity (Wildman–Crippen MR) is 56.7 cm³/mol. The SMILES string of the molecule is NCCc1ncc(-c2cc(F)ccc2F)[nH]1. The van der Waals surface area contributed by atoms with Gasteiger partial charge in [0.05, 0.1) is 11.9 Å². The van der Waals surface area contributed by atoms with Crippen molar-refractivity contribution in [2.75, 3.05) is 6.54 Å². The van der Waals surface area contributed by atoms with Crippen molar-refractivity contribution in [1.29, 1.82) is 0 Å². The monoisotopic (exact) mass is 223 g/mol. The molecular formula is C11H11F2N3. The van der Waals surface area contributed by atoms with Crippen LogP contribution in [-0.2, 0) is 6.42 Å². The molecule has 1 aromatic carbocycles. The number of nitrogens with two attached hydrogens (primary N) is 1. The number of hydrogen-bond acceptors (Lipinski definition) is 2. The molecule has 16 heavy (non-hydrogen) atoms. The van der Waals surface area contributed by atoms with Gasteiger partial charge in [-0.3, -0.25) is 0 Å². The maximum Gasteiger partial charge on any atom is 0.132 e. The van der Waals surface area contributed by atoms with Gasteiger partial charge in [0.25, 0.3) is 0 Å². The quantitative estimate of drug-likeness (QED) is 0.834. The molecule has 0 aliphatic rings. The predicted octanol–water partition coefficient (Wildman–Crippen LogP) is 1.86. The first kappa shape index (κ1) is 10.8. The van der Waals surface area contributed by atoms with Crippen molar-refractivity contribution in [2.45, 2.75) is 6.42 Å². The molecule has 5 heteroatoms. The third-order valence-electron chi connectivity index (χ3n) is 2.23. The molecule has 0 radical (unpaired) electrons. The first-order valence-electron chi connectivity index (χ1n) is 4.90. The molecule has 0 bridgehead atoms. The topological polar surface area (TPSA) is 54.7 Å². The molecule has 0 unspecified atom stereocenters. The van der Waals surface area contributed by atoms with Crippen LogP contribution in [0.15, 0.2) is 24.4 Å². The molecule has 0 amide bonds. The number of benzene rings is 1. The van der Waals surface area contributed by atoms with Crippen LogP contribution in [0.2, 0.25) is 0 Å². The lowest BCUT2D eigenvalue weighted by Gasteiger charge is -1.99. The summed E-state index contributed by atoms with van der Waals surface area (Å²) in [6, 6.07) is 3.30. The van der Waals surface area contributed by atoms with Crippen LogP contribution in [0, 0.1) is 11.6 Å². The lowest BCUT2D eigenvalue weighted by atomic mass is 10.1. The Kier molecular flexibility index (Phi) is 2.96. The Bertz CT molecular complexity index is 494. The second-order valence-corrected chi connectivity index (χ2v) is 3.41. The maximum absolute atomic E-state index is 13.4. The molecule has 1 aromatic heterocycles. The normalized spacial score (nSPS) is 10.7. The van der Waals surface area contributed by atoms with Gasteiger partial charge < -0.3 is 10.7 Å². The van der Waals surface area contributed by atoms with E-state index in [1.54, 1.807) is 0 Å². The van der Waals surface area contributed by atoms with Gasteiger partial charge >= 0.3 is 0 Å². The van der Waals surface area contributed by atoms with E-state index in [2.05, 4.69) is 9.97 Å². The summed E-state index contributed by atoms with van der Waals surface area (Å²) >= 11 is 0. The van der Waals surface area contributed by atoms with Gasteiger partial charge in [0.2, 0.25) is 0 Å². The van der Waals surface area contributed by atoms with Crippen LogP contribution in [0.5, 0.6) is 0 Å². The van der Waals surface area contributed by atoms with Gasteiger partial charge in [0.1, 0.15) is 17.5 Å². The Morgan fingerprint density at radius 1 is 1.31 bits per heavy atom. The third kappa shape index (κ3) is 2.09. The zero-order valence-electron chi connectivity index (χ0n) is 8.50. The van der Waals surface area contributed by atoms with Crippen LogP contribution < -0.4 is 5.73 Å². The van der Waals surface area contributed by atoms with E-state index in [-0.39, 0.29) is 5.56 Å². The molecule has 0 fully saturated rings. The highest BCUT2D eigenvalue weighted by Crippen LogP contribution is 2.21. The molecule has 2 aromatic rings. The zero-order chi connectivity index (χ0) is 11.5. The number of H-pyrrole nitrogens is 1. The third-order valence-corrected chi connectivity index (χ3v) is 2.23. The number of imidazole rings is 1. The minimum absolute atomic E-state index is 0.177. The minimum atomic E-state index is -0.482. The smallest absolute Gasteiger partial charge is 0.132 e. The van der Waals surface area contributed by atoms with E-state index < -0.39 is 11.6 Å². The Hall–Kier alpha value is -1.75. The van der Waals surface area contributed by atoms with E-state index >= 15 is 0 Å². The first-order chi connectivity index (χ1) is 7.70. The van der Waals surface area contributed by atoms with Crippen molar-refractivity contribution in [2.24, 2.45) is 5.73 Å². The Balaban J connectivity index is 2.38. The van der Waals surface area contributed by atoms with Crippen LogP contribution in [0.4, 0.5) is 8.78 Å². The van der Waals surface area contributed by atoms with Crippen LogP contribution in [0.1, 0.15) is 5.82 Å². The highest BCUT2D eigenvalue weighted by Gasteiger charge is 2.09. The molecule has 84 valence electrons. The summed E-state index contributed by atoms with van der Waals surface area (Å²) in [6.45, 7) is 0.457. The van der Waals surface area contributed by atoms with Crippen molar-refractivity contribution in [3.63, 3.8) is 0 Å². The largest absolute Gasteiger partial charge is 0.342 e. The van der Waals surface area contributed by atoms with E-state index in [4.69, 9.17) is 5.73 Å². The average Bonchev–Trinajstić information content (AvgIpc) is 2.71. The highest BCUT2D eigenvalue weighted by atomic mass is 19.1. The molecule has 0 saturated heterocycles. The fourth-order valence-corrected chi connectivity index (χ4v) is 1.47. The second-order valence-electron chi connectivity index (χ2n) is 3.41. The fourth-order valence-electron chi connectivity index (χ4n) is 1.47. The molecule has 2 rings (SSSR count). The average molecular weight is 223 g/mol. The van der Waals surface area contributed by atoms with E-state index in [9.17, 15) is 8.78 Å². The number of hydrogen-bond donors (Lipinski definition) is 2. The number of nitrogens with zero attached hydrogens (tertiary/aromatic N) is 1. The molecule has 3 N–H and O–H groups in total. The van der Waals surface area contributed by atoms with Gasteiger partial charge in [-0.15, -0.1) is 0 Å². The molecule has 3 nitrogen and oxygen atoms in total. The van der Waals surface area contributed by atoms with Crippen LogP contribution >= 0.6 is 0 Å². The number of nitrogens with one attached hydrogen (secondary N) is 1. The van der Waals surface area contributed by atoms with E-state index in [1.165, 1.54) is 6.20 Å². The second kappa shape index (κ2) is 4.40. The van der Waals surface area contributed by atoms with Gasteiger partial charge in [-0.25, -0.2) is 13.8 Å². The summed E-state index contributed by atoms with van der Waals surface area (Å²) in [5.74, 6) is -0.295. The van der Waals surface area contributed by atoms with Crippen LogP contribution in [0.25, 0.3) is 11.3 Å². The summed E-state index contributed by atoms with van der Waals surface area (Å²) in [6.07, 6.45) is 2.06. The van der Waals surface area contributed by atoms with Crippen molar-refractivity contribution < 1.29 is 8.78 Å². The fraction of sp³-hybridized carbons (Fsp3) is 0.182. The van der Waals surface area contributed by atoms with Crippen LogP contribution in [-0.4, -0.2) is 16.5 Å². The number of aromatic nitrogens is 2. The summed E-state index contributed by atoms with van der Waals surface area (Å²) in [4.78, 5) is 6.93. The van der Waals surface area contributed by atoms with Gasteiger partial charge in [0, 0.05) is 12.0 Å².